The van der Waals surface area contributed by atoms with E-state index in [2.05, 4.69) is 44.9 Å². The highest BCUT2D eigenvalue weighted by atomic mass is 16.5. The summed E-state index contributed by atoms with van der Waals surface area (Å²) in [6, 6.07) is 10.3. The SMILES string of the molecule is CN=C(NCc1cccc2cccnc12)NCC1CCCO1. The van der Waals surface area contributed by atoms with Crippen molar-refractivity contribution in [2.45, 2.75) is 25.5 Å². The summed E-state index contributed by atoms with van der Waals surface area (Å²) in [4.78, 5) is 8.74. The van der Waals surface area contributed by atoms with Gasteiger partial charge in [0.2, 0.25) is 0 Å². The quantitative estimate of drug-likeness (QED) is 0.670. The van der Waals surface area contributed by atoms with Gasteiger partial charge in [0.15, 0.2) is 5.96 Å². The van der Waals surface area contributed by atoms with Crippen LogP contribution in [0.1, 0.15) is 18.4 Å². The van der Waals surface area contributed by atoms with Crippen molar-refractivity contribution in [1.29, 1.82) is 0 Å². The number of nitrogens with one attached hydrogen (secondary N) is 2. The van der Waals surface area contributed by atoms with Crippen LogP contribution in [0.4, 0.5) is 0 Å². The topological polar surface area (TPSA) is 58.5 Å². The van der Waals surface area contributed by atoms with Gasteiger partial charge in [0.05, 0.1) is 11.6 Å². The van der Waals surface area contributed by atoms with Gasteiger partial charge in [-0.05, 0) is 24.5 Å². The lowest BCUT2D eigenvalue weighted by Gasteiger charge is -2.15. The Balaban J connectivity index is 1.59. The van der Waals surface area contributed by atoms with Crippen LogP contribution in [0.15, 0.2) is 41.5 Å². The Labute approximate surface area is 130 Å². The van der Waals surface area contributed by atoms with Crippen LogP contribution in [-0.4, -0.2) is 37.2 Å². The van der Waals surface area contributed by atoms with Crippen LogP contribution in [0.3, 0.4) is 0 Å². The first-order valence-corrected chi connectivity index (χ1v) is 7.75. The van der Waals surface area contributed by atoms with Gasteiger partial charge in [0.1, 0.15) is 0 Å². The van der Waals surface area contributed by atoms with Crippen molar-refractivity contribution in [3.8, 4) is 0 Å². The fraction of sp³-hybridized carbons (Fsp3) is 0.412. The molecule has 5 heteroatoms. The predicted molar refractivity (Wildman–Crippen MR) is 88.9 cm³/mol. The van der Waals surface area contributed by atoms with Crippen molar-refractivity contribution in [2.75, 3.05) is 20.2 Å². The molecule has 3 rings (SSSR count). The molecule has 5 nitrogen and oxygen atoms in total. The van der Waals surface area contributed by atoms with Crippen LogP contribution in [0.5, 0.6) is 0 Å². The average molecular weight is 298 g/mol. The first kappa shape index (κ1) is 14.8. The Morgan fingerprint density at radius 2 is 2.23 bits per heavy atom. The standard InChI is InChI=1S/C17H22N4O/c1-18-17(21-12-15-8-4-10-22-15)20-11-14-6-2-5-13-7-3-9-19-16(13)14/h2-3,5-7,9,15H,4,8,10-12H2,1H3,(H2,18,20,21). The highest BCUT2D eigenvalue weighted by Gasteiger charge is 2.15. The van der Waals surface area contributed by atoms with Gasteiger partial charge in [-0.2, -0.15) is 0 Å². The Kier molecular flexibility index (Phi) is 4.85. The molecule has 1 aliphatic rings. The number of aliphatic imine (C=N–C) groups is 1. The summed E-state index contributed by atoms with van der Waals surface area (Å²) in [5.41, 5.74) is 2.20. The molecule has 2 heterocycles. The van der Waals surface area contributed by atoms with Crippen LogP contribution in [0, 0.1) is 0 Å². The second-order valence-electron chi connectivity index (χ2n) is 5.43. The number of benzene rings is 1. The first-order valence-electron chi connectivity index (χ1n) is 7.75. The number of rotatable bonds is 4. The van der Waals surface area contributed by atoms with Crippen molar-refractivity contribution in [1.82, 2.24) is 15.6 Å². The van der Waals surface area contributed by atoms with E-state index in [9.17, 15) is 0 Å². The van der Waals surface area contributed by atoms with Crippen LogP contribution in [0.2, 0.25) is 0 Å². The van der Waals surface area contributed by atoms with Gasteiger partial charge >= 0.3 is 0 Å². The van der Waals surface area contributed by atoms with Gasteiger partial charge in [-0.25, -0.2) is 0 Å². The summed E-state index contributed by atoms with van der Waals surface area (Å²) in [6.07, 6.45) is 4.41. The van der Waals surface area contributed by atoms with Crippen molar-refractivity contribution >= 4 is 16.9 Å². The zero-order valence-electron chi connectivity index (χ0n) is 12.9. The molecular weight excluding hydrogens is 276 g/mol. The molecule has 116 valence electrons. The number of hydrogen-bond donors (Lipinski definition) is 2. The van der Waals surface area contributed by atoms with Gasteiger partial charge in [0.25, 0.3) is 0 Å². The second kappa shape index (κ2) is 7.22. The molecule has 1 aromatic heterocycles. The fourth-order valence-electron chi connectivity index (χ4n) is 2.73. The monoisotopic (exact) mass is 298 g/mol. The summed E-state index contributed by atoms with van der Waals surface area (Å²) in [5.74, 6) is 0.795. The van der Waals surface area contributed by atoms with E-state index in [1.165, 1.54) is 0 Å². The van der Waals surface area contributed by atoms with Gasteiger partial charge in [-0.15, -0.1) is 0 Å². The Bertz CT molecular complexity index is 645. The number of ether oxygens (including phenoxy) is 1. The third-order valence-corrected chi connectivity index (χ3v) is 3.91. The minimum absolute atomic E-state index is 0.303. The number of para-hydroxylation sites is 1. The predicted octanol–water partition coefficient (Wildman–Crippen LogP) is 2.08. The molecule has 1 atom stereocenters. The minimum atomic E-state index is 0.303. The summed E-state index contributed by atoms with van der Waals surface area (Å²) in [5, 5.41) is 7.82. The smallest absolute Gasteiger partial charge is 0.191 e. The summed E-state index contributed by atoms with van der Waals surface area (Å²) >= 11 is 0. The second-order valence-corrected chi connectivity index (χ2v) is 5.43. The van der Waals surface area contributed by atoms with Gasteiger partial charge < -0.3 is 15.4 Å². The van der Waals surface area contributed by atoms with E-state index >= 15 is 0 Å². The summed E-state index contributed by atoms with van der Waals surface area (Å²) < 4.78 is 5.61. The van der Waals surface area contributed by atoms with Crippen molar-refractivity contribution < 1.29 is 4.74 Å². The number of pyridine rings is 1. The Morgan fingerprint density at radius 1 is 1.32 bits per heavy atom. The van der Waals surface area contributed by atoms with Gasteiger partial charge in [0, 0.05) is 38.3 Å². The summed E-state index contributed by atoms with van der Waals surface area (Å²) in [6.45, 7) is 2.37. The molecule has 0 amide bonds. The van der Waals surface area contributed by atoms with E-state index in [0.29, 0.717) is 12.6 Å². The van der Waals surface area contributed by atoms with Gasteiger partial charge in [-0.3, -0.25) is 9.98 Å². The highest BCUT2D eigenvalue weighted by Crippen LogP contribution is 2.15. The molecule has 0 aliphatic carbocycles. The maximum absolute atomic E-state index is 5.61. The fourth-order valence-corrected chi connectivity index (χ4v) is 2.73. The van der Waals surface area contributed by atoms with E-state index in [0.717, 1.165) is 48.4 Å². The number of guanidine groups is 1. The molecule has 2 N–H and O–H groups in total. The molecule has 0 saturated carbocycles. The summed E-state index contributed by atoms with van der Waals surface area (Å²) in [7, 11) is 1.78. The van der Waals surface area contributed by atoms with E-state index in [-0.39, 0.29) is 0 Å². The lowest BCUT2D eigenvalue weighted by Crippen LogP contribution is -2.40. The van der Waals surface area contributed by atoms with Crippen LogP contribution >= 0.6 is 0 Å². The van der Waals surface area contributed by atoms with Crippen LogP contribution in [-0.2, 0) is 11.3 Å². The van der Waals surface area contributed by atoms with E-state index in [4.69, 9.17) is 4.74 Å². The van der Waals surface area contributed by atoms with Gasteiger partial charge in [-0.1, -0.05) is 24.3 Å². The Hall–Kier alpha value is -2.14. The van der Waals surface area contributed by atoms with E-state index in [1.807, 2.05) is 12.3 Å². The van der Waals surface area contributed by atoms with Crippen LogP contribution in [0.25, 0.3) is 10.9 Å². The molecule has 1 aliphatic heterocycles. The number of fused-ring (bicyclic) bond motifs is 1. The molecule has 1 saturated heterocycles. The first-order chi connectivity index (χ1) is 10.9. The molecule has 1 unspecified atom stereocenters. The molecule has 22 heavy (non-hydrogen) atoms. The number of nitrogens with zero attached hydrogens (tertiary/aromatic N) is 2. The zero-order chi connectivity index (χ0) is 15.2. The maximum Gasteiger partial charge on any atom is 0.191 e. The van der Waals surface area contributed by atoms with E-state index in [1.54, 1.807) is 7.05 Å². The van der Waals surface area contributed by atoms with Crippen molar-refractivity contribution in [2.24, 2.45) is 4.99 Å². The Morgan fingerprint density at radius 3 is 3.05 bits per heavy atom. The van der Waals surface area contributed by atoms with Crippen molar-refractivity contribution in [3.63, 3.8) is 0 Å². The molecule has 1 aromatic carbocycles. The lowest BCUT2D eigenvalue weighted by atomic mass is 10.1. The largest absolute Gasteiger partial charge is 0.376 e. The zero-order valence-corrected chi connectivity index (χ0v) is 12.9. The van der Waals surface area contributed by atoms with E-state index < -0.39 is 0 Å². The molecular formula is C17H22N4O. The molecule has 0 bridgehead atoms. The molecule has 1 fully saturated rings. The normalized spacial score (nSPS) is 18.6. The maximum atomic E-state index is 5.61. The average Bonchev–Trinajstić information content (AvgIpc) is 3.08. The van der Waals surface area contributed by atoms with Crippen molar-refractivity contribution in [3.05, 3.63) is 42.1 Å². The van der Waals surface area contributed by atoms with Crippen LogP contribution < -0.4 is 10.6 Å². The lowest BCUT2D eigenvalue weighted by molar-refractivity contribution is 0.114. The third kappa shape index (κ3) is 3.54. The molecule has 2 aromatic rings. The third-order valence-electron chi connectivity index (χ3n) is 3.91. The number of hydrogen-bond acceptors (Lipinski definition) is 3. The molecule has 0 radical (unpaired) electrons. The highest BCUT2D eigenvalue weighted by molar-refractivity contribution is 5.83. The number of aromatic nitrogens is 1. The minimum Gasteiger partial charge on any atom is -0.376 e. The molecule has 0 spiro atoms.